The Morgan fingerprint density at radius 1 is 1.25 bits per heavy atom. The molecule has 2 nitrogen and oxygen atoms in total. The van der Waals surface area contributed by atoms with Gasteiger partial charge in [-0.2, -0.15) is 0 Å². The molecule has 1 aromatic carbocycles. The van der Waals surface area contributed by atoms with Gasteiger partial charge in [-0.1, -0.05) is 29.8 Å². The second-order valence-corrected chi connectivity index (χ2v) is 3.62. The van der Waals surface area contributed by atoms with Gasteiger partial charge in [-0.25, -0.2) is 4.39 Å². The number of benzene rings is 1. The Labute approximate surface area is 96.7 Å². The number of hydrogen-bond acceptors (Lipinski definition) is 2. The lowest BCUT2D eigenvalue weighted by atomic mass is 10.0. The predicted octanol–water partition coefficient (Wildman–Crippen LogP) is 3.35. The SMILES string of the molecule is O=Cc1ncc(Cl)cc1-c1ccccc1F. The van der Waals surface area contributed by atoms with Crippen LogP contribution in [0.2, 0.25) is 5.02 Å². The summed E-state index contributed by atoms with van der Waals surface area (Å²) in [7, 11) is 0. The van der Waals surface area contributed by atoms with Crippen LogP contribution in [0.1, 0.15) is 10.5 Å². The first-order valence-corrected chi connectivity index (χ1v) is 4.96. The van der Waals surface area contributed by atoms with Gasteiger partial charge >= 0.3 is 0 Å². The molecule has 0 radical (unpaired) electrons. The highest BCUT2D eigenvalue weighted by Crippen LogP contribution is 2.26. The van der Waals surface area contributed by atoms with Crippen molar-refractivity contribution in [2.45, 2.75) is 0 Å². The summed E-state index contributed by atoms with van der Waals surface area (Å²) in [4.78, 5) is 14.6. The zero-order valence-corrected chi connectivity index (χ0v) is 8.91. The Hall–Kier alpha value is -1.74. The molecular weight excluding hydrogens is 229 g/mol. The summed E-state index contributed by atoms with van der Waals surface area (Å²) in [5, 5.41) is 0.365. The summed E-state index contributed by atoms with van der Waals surface area (Å²) in [6.45, 7) is 0. The Morgan fingerprint density at radius 2 is 2.00 bits per heavy atom. The molecule has 1 heterocycles. The third-order valence-electron chi connectivity index (χ3n) is 2.16. The minimum atomic E-state index is -0.408. The zero-order valence-electron chi connectivity index (χ0n) is 8.15. The van der Waals surface area contributed by atoms with E-state index >= 15 is 0 Å². The van der Waals surface area contributed by atoms with E-state index in [1.54, 1.807) is 18.2 Å². The number of rotatable bonds is 2. The number of carbonyl (C=O) groups excluding carboxylic acids is 1. The maximum absolute atomic E-state index is 13.5. The van der Waals surface area contributed by atoms with Crippen LogP contribution < -0.4 is 0 Å². The van der Waals surface area contributed by atoms with Crippen LogP contribution in [-0.2, 0) is 0 Å². The molecule has 2 aromatic rings. The predicted molar refractivity (Wildman–Crippen MR) is 60.0 cm³/mol. The van der Waals surface area contributed by atoms with Gasteiger partial charge in [0.15, 0.2) is 6.29 Å². The molecule has 0 saturated heterocycles. The maximum Gasteiger partial charge on any atom is 0.169 e. The highest BCUT2D eigenvalue weighted by atomic mass is 35.5. The molecule has 4 heteroatoms. The van der Waals surface area contributed by atoms with Gasteiger partial charge in [-0.3, -0.25) is 9.78 Å². The third kappa shape index (κ3) is 1.95. The van der Waals surface area contributed by atoms with Crippen molar-refractivity contribution in [3.8, 4) is 11.1 Å². The Balaban J connectivity index is 2.67. The summed E-state index contributed by atoms with van der Waals surface area (Å²) in [6.07, 6.45) is 1.94. The fraction of sp³-hybridized carbons (Fsp3) is 0. The second kappa shape index (κ2) is 4.41. The minimum Gasteiger partial charge on any atom is -0.296 e. The minimum absolute atomic E-state index is 0.175. The molecule has 1 aromatic heterocycles. The Bertz CT molecular complexity index is 542. The number of carbonyl (C=O) groups is 1. The van der Waals surface area contributed by atoms with Gasteiger partial charge in [0.05, 0.1) is 5.02 Å². The molecule has 0 amide bonds. The van der Waals surface area contributed by atoms with Gasteiger partial charge in [0.1, 0.15) is 11.5 Å². The largest absolute Gasteiger partial charge is 0.296 e. The van der Waals surface area contributed by atoms with Gasteiger partial charge < -0.3 is 0 Å². The summed E-state index contributed by atoms with van der Waals surface area (Å²) < 4.78 is 13.5. The molecule has 0 aliphatic carbocycles. The van der Waals surface area contributed by atoms with Crippen molar-refractivity contribution in [1.82, 2.24) is 4.98 Å². The van der Waals surface area contributed by atoms with Crippen LogP contribution in [0, 0.1) is 5.82 Å². The molecular formula is C12H7ClFNO. The van der Waals surface area contributed by atoms with Crippen LogP contribution in [0.4, 0.5) is 4.39 Å². The number of halogens is 2. The second-order valence-electron chi connectivity index (χ2n) is 3.18. The van der Waals surface area contributed by atoms with Gasteiger partial charge in [0.25, 0.3) is 0 Å². The molecule has 0 fully saturated rings. The standard InChI is InChI=1S/C12H7ClFNO/c13-8-5-10(12(7-16)15-6-8)9-3-1-2-4-11(9)14/h1-7H. The van der Waals surface area contributed by atoms with Gasteiger partial charge in [-0.05, 0) is 12.1 Å². The molecule has 0 aliphatic rings. The fourth-order valence-corrected chi connectivity index (χ4v) is 1.60. The molecule has 80 valence electrons. The molecule has 0 saturated carbocycles. The van der Waals surface area contributed by atoms with Crippen molar-refractivity contribution >= 4 is 17.9 Å². The number of aldehydes is 1. The van der Waals surface area contributed by atoms with Crippen LogP contribution in [-0.4, -0.2) is 11.3 Å². The lowest BCUT2D eigenvalue weighted by Gasteiger charge is -2.05. The van der Waals surface area contributed by atoms with Crippen LogP contribution >= 0.6 is 11.6 Å². The maximum atomic E-state index is 13.5. The summed E-state index contributed by atoms with van der Waals surface area (Å²) in [5.74, 6) is -0.408. The molecule has 16 heavy (non-hydrogen) atoms. The van der Waals surface area contributed by atoms with Gasteiger partial charge in [0.2, 0.25) is 0 Å². The van der Waals surface area contributed by atoms with Crippen molar-refractivity contribution < 1.29 is 9.18 Å². The van der Waals surface area contributed by atoms with E-state index in [0.717, 1.165) is 0 Å². The summed E-state index contributed by atoms with van der Waals surface area (Å²) in [5.41, 5.74) is 0.898. The van der Waals surface area contributed by atoms with Crippen molar-refractivity contribution in [1.29, 1.82) is 0 Å². The lowest BCUT2D eigenvalue weighted by Crippen LogP contribution is -1.93. The molecule has 0 atom stereocenters. The highest BCUT2D eigenvalue weighted by Gasteiger charge is 2.10. The first-order valence-electron chi connectivity index (χ1n) is 4.58. The molecule has 2 rings (SSSR count). The number of aromatic nitrogens is 1. The van der Waals surface area contributed by atoms with E-state index in [1.165, 1.54) is 18.3 Å². The highest BCUT2D eigenvalue weighted by molar-refractivity contribution is 6.30. The number of pyridine rings is 1. The van der Waals surface area contributed by atoms with Crippen molar-refractivity contribution in [3.63, 3.8) is 0 Å². The zero-order chi connectivity index (χ0) is 11.5. The van der Waals surface area contributed by atoms with E-state index in [4.69, 9.17) is 11.6 Å². The molecule has 0 spiro atoms. The molecule has 0 bridgehead atoms. The summed E-state index contributed by atoms with van der Waals surface area (Å²) >= 11 is 5.78. The van der Waals surface area contributed by atoms with Crippen molar-refractivity contribution in [3.05, 3.63) is 53.1 Å². The van der Waals surface area contributed by atoms with E-state index in [-0.39, 0.29) is 5.69 Å². The normalized spacial score (nSPS) is 10.1. The van der Waals surface area contributed by atoms with Crippen molar-refractivity contribution in [2.24, 2.45) is 0 Å². The first kappa shape index (κ1) is 10.8. The molecule has 0 N–H and O–H groups in total. The van der Waals surface area contributed by atoms with Crippen LogP contribution in [0.15, 0.2) is 36.5 Å². The fourth-order valence-electron chi connectivity index (χ4n) is 1.44. The first-order chi connectivity index (χ1) is 7.72. The lowest BCUT2D eigenvalue weighted by molar-refractivity contribution is 0.111. The van der Waals surface area contributed by atoms with Crippen LogP contribution in [0.25, 0.3) is 11.1 Å². The monoisotopic (exact) mass is 235 g/mol. The number of nitrogens with zero attached hydrogens (tertiary/aromatic N) is 1. The van der Waals surface area contributed by atoms with Crippen LogP contribution in [0.3, 0.4) is 0 Å². The summed E-state index contributed by atoms with van der Waals surface area (Å²) in [6, 6.07) is 7.70. The van der Waals surface area contributed by atoms with E-state index in [2.05, 4.69) is 4.98 Å². The third-order valence-corrected chi connectivity index (χ3v) is 2.37. The topological polar surface area (TPSA) is 30.0 Å². The van der Waals surface area contributed by atoms with Gasteiger partial charge in [0, 0.05) is 17.3 Å². The quantitative estimate of drug-likeness (QED) is 0.747. The Kier molecular flexibility index (Phi) is 2.97. The average molecular weight is 236 g/mol. The van der Waals surface area contributed by atoms with Crippen LogP contribution in [0.5, 0.6) is 0 Å². The number of hydrogen-bond donors (Lipinski definition) is 0. The van der Waals surface area contributed by atoms with E-state index in [1.807, 2.05) is 0 Å². The smallest absolute Gasteiger partial charge is 0.169 e. The van der Waals surface area contributed by atoms with E-state index in [9.17, 15) is 9.18 Å². The average Bonchev–Trinajstić information content (AvgIpc) is 2.29. The Morgan fingerprint density at radius 3 is 2.69 bits per heavy atom. The molecule has 0 aliphatic heterocycles. The van der Waals surface area contributed by atoms with E-state index in [0.29, 0.717) is 22.4 Å². The van der Waals surface area contributed by atoms with Gasteiger partial charge in [-0.15, -0.1) is 0 Å². The molecule has 0 unspecified atom stereocenters. The van der Waals surface area contributed by atoms with Crippen molar-refractivity contribution in [2.75, 3.05) is 0 Å². The van der Waals surface area contributed by atoms with E-state index < -0.39 is 5.82 Å².